The van der Waals surface area contributed by atoms with E-state index in [1.807, 2.05) is 0 Å². The molecular weight excluding hydrogens is 260 g/mol. The zero-order valence-corrected chi connectivity index (χ0v) is 11.9. The molecule has 2 aliphatic rings. The van der Waals surface area contributed by atoms with E-state index in [0.29, 0.717) is 0 Å². The normalized spacial score (nSPS) is 23.1. The highest BCUT2D eigenvalue weighted by molar-refractivity contribution is 6.33. The molecule has 1 aliphatic carbocycles. The van der Waals surface area contributed by atoms with Crippen molar-refractivity contribution in [3.05, 3.63) is 28.8 Å². The zero-order valence-electron chi connectivity index (χ0n) is 11.1. The van der Waals surface area contributed by atoms with Crippen LogP contribution >= 0.6 is 11.6 Å². The molecule has 1 saturated carbocycles. The maximum Gasteiger partial charge on any atom is 0.0642 e. The fourth-order valence-electron chi connectivity index (χ4n) is 2.79. The van der Waals surface area contributed by atoms with Crippen LogP contribution in [0.3, 0.4) is 0 Å². The summed E-state index contributed by atoms with van der Waals surface area (Å²) in [4.78, 5) is 2.24. The number of benzene rings is 1. The molecule has 3 rings (SSSR count). The van der Waals surface area contributed by atoms with Crippen molar-refractivity contribution in [3.63, 3.8) is 0 Å². The number of rotatable bonds is 5. The van der Waals surface area contributed by atoms with E-state index in [1.54, 1.807) is 0 Å². The number of anilines is 1. The van der Waals surface area contributed by atoms with Gasteiger partial charge in [-0.05, 0) is 43.4 Å². The second-order valence-corrected chi connectivity index (χ2v) is 6.02. The van der Waals surface area contributed by atoms with Gasteiger partial charge in [0, 0.05) is 19.1 Å². The Kier molecular flexibility index (Phi) is 3.96. The number of nitrogens with one attached hydrogen (secondary N) is 1. The van der Waals surface area contributed by atoms with Crippen molar-refractivity contribution >= 4 is 17.3 Å². The highest BCUT2D eigenvalue weighted by Gasteiger charge is 2.25. The van der Waals surface area contributed by atoms with E-state index in [4.69, 9.17) is 11.6 Å². The minimum atomic E-state index is 0.210. The lowest BCUT2D eigenvalue weighted by Crippen LogP contribution is -2.32. The van der Waals surface area contributed by atoms with Crippen molar-refractivity contribution in [1.82, 2.24) is 5.32 Å². The molecule has 3 nitrogen and oxygen atoms in total. The second-order valence-electron chi connectivity index (χ2n) is 5.61. The van der Waals surface area contributed by atoms with E-state index in [9.17, 15) is 5.11 Å². The summed E-state index contributed by atoms with van der Waals surface area (Å²) >= 11 is 6.41. The lowest BCUT2D eigenvalue weighted by Gasteiger charge is -2.26. The molecule has 0 spiro atoms. The molecule has 0 radical (unpaired) electrons. The lowest BCUT2D eigenvalue weighted by atomic mass is 10.1. The summed E-state index contributed by atoms with van der Waals surface area (Å²) < 4.78 is 0. The van der Waals surface area contributed by atoms with Crippen LogP contribution in [0.5, 0.6) is 0 Å². The molecule has 0 aromatic heterocycles. The van der Waals surface area contributed by atoms with Crippen molar-refractivity contribution in [1.29, 1.82) is 0 Å². The summed E-state index contributed by atoms with van der Waals surface area (Å²) in [5.41, 5.74) is 2.30. The van der Waals surface area contributed by atoms with Gasteiger partial charge in [0.1, 0.15) is 0 Å². The first-order valence-corrected chi connectivity index (χ1v) is 7.55. The van der Waals surface area contributed by atoms with Gasteiger partial charge >= 0.3 is 0 Å². The van der Waals surface area contributed by atoms with E-state index in [-0.39, 0.29) is 12.6 Å². The number of aliphatic hydroxyl groups is 1. The smallest absolute Gasteiger partial charge is 0.0642 e. The number of hydrogen-bond donors (Lipinski definition) is 2. The van der Waals surface area contributed by atoms with Crippen molar-refractivity contribution < 1.29 is 5.11 Å². The highest BCUT2D eigenvalue weighted by atomic mass is 35.5. The lowest BCUT2D eigenvalue weighted by molar-refractivity contribution is 0.266. The van der Waals surface area contributed by atoms with E-state index >= 15 is 0 Å². The van der Waals surface area contributed by atoms with Crippen LogP contribution in [0.25, 0.3) is 0 Å². The van der Waals surface area contributed by atoms with Crippen molar-refractivity contribution in [2.45, 2.75) is 44.3 Å². The number of hydrogen-bond acceptors (Lipinski definition) is 3. The predicted molar refractivity (Wildman–Crippen MR) is 78.8 cm³/mol. The molecule has 1 aromatic carbocycles. The van der Waals surface area contributed by atoms with Gasteiger partial charge in [-0.2, -0.15) is 0 Å². The van der Waals surface area contributed by atoms with E-state index in [0.717, 1.165) is 42.7 Å². The third-order valence-electron chi connectivity index (χ3n) is 4.08. The van der Waals surface area contributed by atoms with Crippen LogP contribution in [-0.4, -0.2) is 30.3 Å². The number of halogens is 1. The summed E-state index contributed by atoms with van der Waals surface area (Å²) in [7, 11) is 0. The van der Waals surface area contributed by atoms with Gasteiger partial charge in [-0.15, -0.1) is 0 Å². The molecule has 19 heavy (non-hydrogen) atoms. The van der Waals surface area contributed by atoms with Crippen LogP contribution in [0.4, 0.5) is 5.69 Å². The topological polar surface area (TPSA) is 35.5 Å². The van der Waals surface area contributed by atoms with Gasteiger partial charge < -0.3 is 15.3 Å². The van der Waals surface area contributed by atoms with Gasteiger partial charge in [0.2, 0.25) is 0 Å². The summed E-state index contributed by atoms with van der Waals surface area (Å²) in [6.07, 6.45) is 4.79. The van der Waals surface area contributed by atoms with Crippen LogP contribution in [0.2, 0.25) is 5.02 Å². The van der Waals surface area contributed by atoms with Crippen molar-refractivity contribution in [3.8, 4) is 0 Å². The SMILES string of the molecule is OCC1CCCN1c1ccc(CNC2CC2)cc1Cl. The van der Waals surface area contributed by atoms with Gasteiger partial charge in [-0.25, -0.2) is 0 Å². The minimum Gasteiger partial charge on any atom is -0.394 e. The average molecular weight is 281 g/mol. The van der Waals surface area contributed by atoms with Gasteiger partial charge in [-0.1, -0.05) is 17.7 Å². The van der Waals surface area contributed by atoms with Crippen molar-refractivity contribution in [2.75, 3.05) is 18.1 Å². The quantitative estimate of drug-likeness (QED) is 0.870. The molecule has 4 heteroatoms. The zero-order chi connectivity index (χ0) is 13.2. The standard InChI is InChI=1S/C15H21ClN2O/c16-14-8-11(9-17-12-4-5-12)3-6-15(14)18-7-1-2-13(18)10-19/h3,6,8,12-13,17,19H,1-2,4-5,7,9-10H2. The molecule has 2 N–H and O–H groups in total. The Morgan fingerprint density at radius 2 is 2.16 bits per heavy atom. The Bertz CT molecular complexity index is 448. The predicted octanol–water partition coefficient (Wildman–Crippen LogP) is 2.55. The number of aliphatic hydroxyl groups excluding tert-OH is 1. The van der Waals surface area contributed by atoms with Crippen LogP contribution in [0.1, 0.15) is 31.2 Å². The maximum absolute atomic E-state index is 9.40. The summed E-state index contributed by atoms with van der Waals surface area (Å²) in [5, 5.41) is 13.7. The molecule has 1 atom stereocenters. The molecule has 104 valence electrons. The summed E-state index contributed by atoms with van der Waals surface area (Å²) in [6, 6.07) is 7.24. The average Bonchev–Trinajstić information content (AvgIpc) is 3.13. The Morgan fingerprint density at radius 1 is 1.32 bits per heavy atom. The van der Waals surface area contributed by atoms with Crippen LogP contribution in [0.15, 0.2) is 18.2 Å². The Balaban J connectivity index is 1.71. The van der Waals surface area contributed by atoms with Gasteiger partial charge in [-0.3, -0.25) is 0 Å². The highest BCUT2D eigenvalue weighted by Crippen LogP contribution is 2.32. The first kappa shape index (κ1) is 13.2. The monoisotopic (exact) mass is 280 g/mol. The van der Waals surface area contributed by atoms with Gasteiger partial charge in [0.25, 0.3) is 0 Å². The molecule has 0 bridgehead atoms. The van der Waals surface area contributed by atoms with E-state index < -0.39 is 0 Å². The molecule has 1 unspecified atom stereocenters. The molecule has 1 saturated heterocycles. The summed E-state index contributed by atoms with van der Waals surface area (Å²) in [6.45, 7) is 2.10. The first-order valence-electron chi connectivity index (χ1n) is 7.17. The minimum absolute atomic E-state index is 0.210. The Labute approximate surface area is 119 Å². The molecule has 2 fully saturated rings. The number of nitrogens with zero attached hydrogens (tertiary/aromatic N) is 1. The van der Waals surface area contributed by atoms with Crippen LogP contribution < -0.4 is 10.2 Å². The van der Waals surface area contributed by atoms with Gasteiger partial charge in [0.05, 0.1) is 23.4 Å². The van der Waals surface area contributed by atoms with Gasteiger partial charge in [0.15, 0.2) is 0 Å². The summed E-state index contributed by atoms with van der Waals surface area (Å²) in [5.74, 6) is 0. The molecule has 0 amide bonds. The second kappa shape index (κ2) is 5.70. The maximum atomic E-state index is 9.40. The molecule has 1 aliphatic heterocycles. The first-order chi connectivity index (χ1) is 9.28. The van der Waals surface area contributed by atoms with Crippen LogP contribution in [0, 0.1) is 0 Å². The molecule has 1 heterocycles. The Hall–Kier alpha value is -0.770. The van der Waals surface area contributed by atoms with E-state index in [2.05, 4.69) is 28.4 Å². The fourth-order valence-corrected chi connectivity index (χ4v) is 3.10. The van der Waals surface area contributed by atoms with Crippen LogP contribution in [-0.2, 0) is 6.54 Å². The molecule has 1 aromatic rings. The fraction of sp³-hybridized carbons (Fsp3) is 0.600. The van der Waals surface area contributed by atoms with Crippen molar-refractivity contribution in [2.24, 2.45) is 0 Å². The molecular formula is C15H21ClN2O. The van der Waals surface area contributed by atoms with E-state index in [1.165, 1.54) is 18.4 Å². The largest absolute Gasteiger partial charge is 0.394 e. The third-order valence-corrected chi connectivity index (χ3v) is 4.38. The third kappa shape index (κ3) is 3.04. The Morgan fingerprint density at radius 3 is 2.84 bits per heavy atom.